The fourth-order valence-electron chi connectivity index (χ4n) is 3.42. The van der Waals surface area contributed by atoms with Crippen LogP contribution in [0.5, 0.6) is 0 Å². The van der Waals surface area contributed by atoms with Gasteiger partial charge in [-0.2, -0.15) is 0 Å². The summed E-state index contributed by atoms with van der Waals surface area (Å²) in [6.07, 6.45) is 3.67. The van der Waals surface area contributed by atoms with E-state index in [4.69, 9.17) is 4.42 Å². The van der Waals surface area contributed by atoms with Crippen LogP contribution in [0, 0.1) is 6.92 Å². The number of carbonyl (C=O) groups excluding carboxylic acids is 1. The van der Waals surface area contributed by atoms with Crippen molar-refractivity contribution < 1.29 is 9.21 Å². The van der Waals surface area contributed by atoms with E-state index < -0.39 is 0 Å². The second kappa shape index (κ2) is 8.15. The Bertz CT molecular complexity index is 1070. The molecule has 0 bridgehead atoms. The summed E-state index contributed by atoms with van der Waals surface area (Å²) >= 11 is 0. The zero-order valence-electron chi connectivity index (χ0n) is 15.8. The maximum Gasteiger partial charge on any atom is 0.238 e. The lowest BCUT2D eigenvalue weighted by molar-refractivity contribution is -0.117. The molecule has 0 radical (unpaired) electrons. The molecule has 0 aliphatic heterocycles. The highest BCUT2D eigenvalue weighted by molar-refractivity contribution is 5.92. The summed E-state index contributed by atoms with van der Waals surface area (Å²) in [5.74, 6) is 0.792. The number of aryl methyl sites for hydroxylation is 1. The number of aromatic nitrogens is 1. The molecule has 0 spiro atoms. The van der Waals surface area contributed by atoms with Gasteiger partial charge in [-0.1, -0.05) is 30.3 Å². The molecular weight excluding hydrogens is 350 g/mol. The number of amides is 1. The van der Waals surface area contributed by atoms with Crippen molar-refractivity contribution in [2.45, 2.75) is 20.0 Å². The third-order valence-electron chi connectivity index (χ3n) is 4.70. The summed E-state index contributed by atoms with van der Waals surface area (Å²) in [5.41, 5.74) is 4.18. The molecule has 0 atom stereocenters. The molecule has 0 saturated carbocycles. The average molecular weight is 373 g/mol. The first-order chi connectivity index (χ1) is 13.7. The number of aromatic amines is 1. The molecule has 2 N–H and O–H groups in total. The minimum atomic E-state index is -0.0444. The van der Waals surface area contributed by atoms with Crippen molar-refractivity contribution in [2.75, 3.05) is 11.9 Å². The Morgan fingerprint density at radius 1 is 1.07 bits per heavy atom. The van der Waals surface area contributed by atoms with Crippen molar-refractivity contribution in [1.29, 1.82) is 0 Å². The minimum Gasteiger partial charge on any atom is -0.468 e. The Balaban J connectivity index is 1.50. The number of carbonyl (C=O) groups is 1. The lowest BCUT2D eigenvalue weighted by atomic mass is 10.1. The summed E-state index contributed by atoms with van der Waals surface area (Å²) in [7, 11) is 0. The van der Waals surface area contributed by atoms with E-state index in [1.807, 2.05) is 61.7 Å². The van der Waals surface area contributed by atoms with Crippen molar-refractivity contribution in [1.82, 2.24) is 9.88 Å². The van der Waals surface area contributed by atoms with Gasteiger partial charge in [-0.25, -0.2) is 0 Å². The first-order valence-corrected chi connectivity index (χ1v) is 9.33. The van der Waals surface area contributed by atoms with Crippen LogP contribution in [0.25, 0.3) is 10.9 Å². The van der Waals surface area contributed by atoms with Crippen molar-refractivity contribution in [2.24, 2.45) is 0 Å². The molecule has 142 valence electrons. The topological polar surface area (TPSA) is 61.3 Å². The highest BCUT2D eigenvalue weighted by Gasteiger charge is 2.15. The quantitative estimate of drug-likeness (QED) is 0.493. The molecule has 28 heavy (non-hydrogen) atoms. The van der Waals surface area contributed by atoms with E-state index in [0.29, 0.717) is 13.1 Å². The molecule has 4 rings (SSSR count). The van der Waals surface area contributed by atoms with E-state index in [1.54, 1.807) is 6.26 Å². The molecule has 0 saturated heterocycles. The van der Waals surface area contributed by atoms with Crippen LogP contribution in [0.4, 0.5) is 5.69 Å². The molecule has 0 aliphatic rings. The molecule has 5 nitrogen and oxygen atoms in total. The number of rotatable bonds is 7. The van der Waals surface area contributed by atoms with Crippen molar-refractivity contribution in [3.8, 4) is 0 Å². The second-order valence-electron chi connectivity index (χ2n) is 7.00. The lowest BCUT2D eigenvalue weighted by Gasteiger charge is -2.20. The van der Waals surface area contributed by atoms with Gasteiger partial charge in [-0.15, -0.1) is 0 Å². The van der Waals surface area contributed by atoms with Crippen LogP contribution >= 0.6 is 0 Å². The molecule has 0 unspecified atom stereocenters. The van der Waals surface area contributed by atoms with Gasteiger partial charge in [0, 0.05) is 29.3 Å². The highest BCUT2D eigenvalue weighted by atomic mass is 16.3. The van der Waals surface area contributed by atoms with Gasteiger partial charge in [-0.3, -0.25) is 9.69 Å². The zero-order valence-corrected chi connectivity index (χ0v) is 15.8. The third-order valence-corrected chi connectivity index (χ3v) is 4.70. The van der Waals surface area contributed by atoms with Gasteiger partial charge >= 0.3 is 0 Å². The number of H-pyrrole nitrogens is 1. The van der Waals surface area contributed by atoms with E-state index in [0.717, 1.165) is 28.1 Å². The number of anilines is 1. The van der Waals surface area contributed by atoms with Gasteiger partial charge in [0.15, 0.2) is 0 Å². The van der Waals surface area contributed by atoms with Gasteiger partial charge in [-0.05, 0) is 48.4 Å². The molecule has 2 heterocycles. The molecule has 5 heteroatoms. The van der Waals surface area contributed by atoms with E-state index in [2.05, 4.69) is 27.3 Å². The van der Waals surface area contributed by atoms with Crippen LogP contribution in [0.2, 0.25) is 0 Å². The van der Waals surface area contributed by atoms with E-state index in [1.165, 1.54) is 5.39 Å². The largest absolute Gasteiger partial charge is 0.468 e. The van der Waals surface area contributed by atoms with Crippen LogP contribution < -0.4 is 5.32 Å². The minimum absolute atomic E-state index is 0.0444. The predicted octanol–water partition coefficient (Wildman–Crippen LogP) is 4.71. The third kappa shape index (κ3) is 4.32. The van der Waals surface area contributed by atoms with Crippen molar-refractivity contribution in [3.05, 3.63) is 90.0 Å². The van der Waals surface area contributed by atoms with Gasteiger partial charge in [0.2, 0.25) is 5.91 Å². The Morgan fingerprint density at radius 2 is 1.96 bits per heavy atom. The first kappa shape index (κ1) is 18.1. The summed E-state index contributed by atoms with van der Waals surface area (Å²) in [6, 6.07) is 19.8. The van der Waals surface area contributed by atoms with Crippen LogP contribution in [0.3, 0.4) is 0 Å². The summed E-state index contributed by atoms with van der Waals surface area (Å²) < 4.78 is 5.51. The number of hydrogen-bond acceptors (Lipinski definition) is 3. The van der Waals surface area contributed by atoms with Crippen molar-refractivity contribution in [3.63, 3.8) is 0 Å². The number of nitrogens with zero attached hydrogens (tertiary/aromatic N) is 1. The maximum absolute atomic E-state index is 12.7. The lowest BCUT2D eigenvalue weighted by Crippen LogP contribution is -2.32. The Kier molecular flexibility index (Phi) is 5.26. The maximum atomic E-state index is 12.7. The standard InChI is InChI=1S/C23H23N3O2/c1-17-6-4-7-19(12-17)25-23(27)16-26(15-20-8-5-11-28-20)14-18-13-24-22-10-3-2-9-21(18)22/h2-13,24H,14-16H2,1H3,(H,25,27). The van der Waals surface area contributed by atoms with Gasteiger partial charge < -0.3 is 14.7 Å². The molecule has 0 aliphatic carbocycles. The number of benzene rings is 2. The zero-order chi connectivity index (χ0) is 19.3. The Morgan fingerprint density at radius 3 is 2.79 bits per heavy atom. The number of hydrogen-bond donors (Lipinski definition) is 2. The predicted molar refractivity (Wildman–Crippen MR) is 111 cm³/mol. The van der Waals surface area contributed by atoms with Crippen molar-refractivity contribution >= 4 is 22.5 Å². The van der Waals surface area contributed by atoms with Gasteiger partial charge in [0.05, 0.1) is 19.4 Å². The molecule has 2 aromatic carbocycles. The normalized spacial score (nSPS) is 11.2. The molecule has 0 fully saturated rings. The SMILES string of the molecule is Cc1cccc(NC(=O)CN(Cc2ccco2)Cc2c[nH]c3ccccc23)c1. The molecule has 1 amide bonds. The second-order valence-corrected chi connectivity index (χ2v) is 7.00. The van der Waals surface area contributed by atoms with Crippen LogP contribution in [-0.4, -0.2) is 22.3 Å². The number of fused-ring (bicyclic) bond motifs is 1. The monoisotopic (exact) mass is 373 g/mol. The highest BCUT2D eigenvalue weighted by Crippen LogP contribution is 2.20. The van der Waals surface area contributed by atoms with Crippen LogP contribution in [0.1, 0.15) is 16.9 Å². The van der Waals surface area contributed by atoms with E-state index in [-0.39, 0.29) is 12.5 Å². The fourth-order valence-corrected chi connectivity index (χ4v) is 3.42. The summed E-state index contributed by atoms with van der Waals surface area (Å²) in [4.78, 5) is 18.0. The summed E-state index contributed by atoms with van der Waals surface area (Å²) in [5, 5.41) is 4.16. The molecular formula is C23H23N3O2. The van der Waals surface area contributed by atoms with Gasteiger partial charge in [0.1, 0.15) is 5.76 Å². The Labute approximate surface area is 164 Å². The van der Waals surface area contributed by atoms with Crippen LogP contribution in [-0.2, 0) is 17.9 Å². The smallest absolute Gasteiger partial charge is 0.238 e. The van der Waals surface area contributed by atoms with E-state index in [9.17, 15) is 4.79 Å². The first-order valence-electron chi connectivity index (χ1n) is 9.33. The average Bonchev–Trinajstić information content (AvgIpc) is 3.32. The number of furan rings is 1. The summed E-state index contributed by atoms with van der Waals surface area (Å²) in [6.45, 7) is 3.49. The Hall–Kier alpha value is -3.31. The number of nitrogens with one attached hydrogen (secondary N) is 2. The molecule has 4 aromatic rings. The molecule has 2 aromatic heterocycles. The fraction of sp³-hybridized carbons (Fsp3) is 0.174. The van der Waals surface area contributed by atoms with E-state index >= 15 is 0 Å². The van der Waals surface area contributed by atoms with Crippen LogP contribution in [0.15, 0.2) is 77.5 Å². The number of para-hydroxylation sites is 1. The van der Waals surface area contributed by atoms with Gasteiger partial charge in [0.25, 0.3) is 0 Å².